The average molecular weight is 561 g/mol. The maximum atomic E-state index is 13.8. The topological polar surface area (TPSA) is 26.4 Å². The summed E-state index contributed by atoms with van der Waals surface area (Å²) in [5, 5.41) is 9.94. The van der Waals surface area contributed by atoms with Crippen molar-refractivity contribution >= 4 is 70.5 Å². The molecule has 0 unspecified atom stereocenters. The molecule has 0 aliphatic rings. The highest BCUT2D eigenvalue weighted by Crippen LogP contribution is 2.40. The van der Waals surface area contributed by atoms with E-state index in [1.807, 2.05) is 28.7 Å². The minimum atomic E-state index is 0.0357. The van der Waals surface area contributed by atoms with Crippen molar-refractivity contribution in [2.24, 2.45) is 0 Å². The highest BCUT2D eigenvalue weighted by molar-refractivity contribution is 6.21. The van der Waals surface area contributed by atoms with Crippen LogP contribution in [-0.2, 0) is 0 Å². The Hall–Kier alpha value is -5.93. The molecule has 0 N–H and O–H groups in total. The average Bonchev–Trinajstić information content (AvgIpc) is 3.60. The van der Waals surface area contributed by atoms with Crippen LogP contribution in [-0.4, -0.2) is 8.97 Å². The van der Waals surface area contributed by atoms with E-state index in [0.717, 1.165) is 54.8 Å². The molecule has 10 rings (SSSR count). The molecule has 7 aromatic carbocycles. The van der Waals surface area contributed by atoms with E-state index in [1.165, 1.54) is 32.6 Å². The molecule has 44 heavy (non-hydrogen) atoms. The van der Waals surface area contributed by atoms with Gasteiger partial charge in [-0.15, -0.1) is 0 Å². The summed E-state index contributed by atoms with van der Waals surface area (Å²) >= 11 is 0. The Morgan fingerprint density at radius 3 is 1.64 bits per heavy atom. The predicted octanol–water partition coefficient (Wildman–Crippen LogP) is 10.1. The molecular formula is C41H24N2O. The maximum Gasteiger partial charge on any atom is 0.263 e. The van der Waals surface area contributed by atoms with Crippen LogP contribution in [0.5, 0.6) is 0 Å². The molecule has 204 valence electrons. The van der Waals surface area contributed by atoms with Crippen LogP contribution in [0.3, 0.4) is 0 Å². The molecule has 0 aliphatic heterocycles. The Balaban J connectivity index is 1.31. The molecule has 3 heterocycles. The first-order chi connectivity index (χ1) is 21.8. The van der Waals surface area contributed by atoms with Crippen LogP contribution < -0.4 is 5.56 Å². The summed E-state index contributed by atoms with van der Waals surface area (Å²) in [5.74, 6) is 0. The summed E-state index contributed by atoms with van der Waals surface area (Å²) in [6.07, 6.45) is 0. The van der Waals surface area contributed by atoms with Crippen molar-refractivity contribution in [3.8, 4) is 16.8 Å². The van der Waals surface area contributed by atoms with Gasteiger partial charge in [0.25, 0.3) is 5.56 Å². The van der Waals surface area contributed by atoms with Gasteiger partial charge in [0.05, 0.1) is 27.8 Å². The number of benzene rings is 7. The van der Waals surface area contributed by atoms with Gasteiger partial charge in [-0.25, -0.2) is 0 Å². The number of aromatic nitrogens is 2. The summed E-state index contributed by atoms with van der Waals surface area (Å²) in [6.45, 7) is 0. The lowest BCUT2D eigenvalue weighted by atomic mass is 9.95. The van der Waals surface area contributed by atoms with Crippen LogP contribution in [0.25, 0.3) is 87.4 Å². The van der Waals surface area contributed by atoms with Crippen LogP contribution in [0.4, 0.5) is 0 Å². The van der Waals surface area contributed by atoms with Crippen LogP contribution in [0.1, 0.15) is 0 Å². The number of hydrogen-bond donors (Lipinski definition) is 0. The zero-order chi connectivity index (χ0) is 28.9. The Kier molecular flexibility index (Phi) is 4.59. The minimum absolute atomic E-state index is 0.0357. The van der Waals surface area contributed by atoms with Crippen molar-refractivity contribution in [2.75, 3.05) is 0 Å². The van der Waals surface area contributed by atoms with Crippen LogP contribution >= 0.6 is 0 Å². The third-order valence-corrected chi connectivity index (χ3v) is 9.43. The first-order valence-electron chi connectivity index (χ1n) is 15.0. The van der Waals surface area contributed by atoms with Crippen molar-refractivity contribution in [3.63, 3.8) is 0 Å². The minimum Gasteiger partial charge on any atom is -0.309 e. The van der Waals surface area contributed by atoms with Crippen molar-refractivity contribution < 1.29 is 0 Å². The zero-order valence-corrected chi connectivity index (χ0v) is 23.7. The molecule has 0 fully saturated rings. The molecule has 0 atom stereocenters. The van der Waals surface area contributed by atoms with Crippen LogP contribution in [0, 0.1) is 0 Å². The van der Waals surface area contributed by atoms with Crippen molar-refractivity contribution in [3.05, 3.63) is 156 Å². The smallest absolute Gasteiger partial charge is 0.263 e. The first kappa shape index (κ1) is 23.6. The third-order valence-electron chi connectivity index (χ3n) is 9.43. The standard InChI is InChI=1S/C41H24N2O/c44-41-32-15-2-1-11-28(32)34-23-27(24-35-31-14-5-8-18-38(31)43(41)40(34)35)26-21-20-25-10-9-19-39(33(25)22-26)42-36-16-6-3-12-29(36)30-13-4-7-17-37(30)42/h1-24H. The zero-order valence-electron chi connectivity index (χ0n) is 23.7. The van der Waals surface area contributed by atoms with Gasteiger partial charge in [0.2, 0.25) is 0 Å². The second-order valence-corrected chi connectivity index (χ2v) is 11.7. The maximum absolute atomic E-state index is 13.8. The Morgan fingerprint density at radius 2 is 0.932 bits per heavy atom. The number of para-hydroxylation sites is 3. The fraction of sp³-hybridized carbons (Fsp3) is 0. The third kappa shape index (κ3) is 3.03. The number of nitrogens with zero attached hydrogens (tertiary/aromatic N) is 2. The van der Waals surface area contributed by atoms with Gasteiger partial charge in [-0.1, -0.05) is 97.1 Å². The first-order valence-corrected chi connectivity index (χ1v) is 15.0. The van der Waals surface area contributed by atoms with Gasteiger partial charge < -0.3 is 4.57 Å². The molecule has 0 radical (unpaired) electrons. The second-order valence-electron chi connectivity index (χ2n) is 11.7. The summed E-state index contributed by atoms with van der Waals surface area (Å²) in [6, 6.07) is 51.5. The molecule has 0 bridgehead atoms. The number of fused-ring (bicyclic) bond motifs is 9. The predicted molar refractivity (Wildman–Crippen MR) is 185 cm³/mol. The number of hydrogen-bond acceptors (Lipinski definition) is 1. The summed E-state index contributed by atoms with van der Waals surface area (Å²) in [7, 11) is 0. The Bertz CT molecular complexity index is 2800. The van der Waals surface area contributed by atoms with E-state index in [4.69, 9.17) is 0 Å². The lowest BCUT2D eigenvalue weighted by Crippen LogP contribution is -2.12. The quantitative estimate of drug-likeness (QED) is 0.193. The van der Waals surface area contributed by atoms with E-state index in [2.05, 4.69) is 126 Å². The SMILES string of the molecule is O=c1c2ccccc2c2cc(-c3ccc4cccc(-n5c6ccccc6c6ccccc65)c4c3)cc3c4ccccc4n1c23. The molecule has 3 nitrogen and oxygen atoms in total. The Labute approximate surface area is 251 Å². The van der Waals surface area contributed by atoms with Gasteiger partial charge in [0.1, 0.15) is 0 Å². The van der Waals surface area contributed by atoms with E-state index in [1.54, 1.807) is 0 Å². The molecule has 0 spiro atoms. The molecule has 0 saturated heterocycles. The van der Waals surface area contributed by atoms with Gasteiger partial charge in [0, 0.05) is 37.7 Å². The summed E-state index contributed by atoms with van der Waals surface area (Å²) < 4.78 is 4.31. The summed E-state index contributed by atoms with van der Waals surface area (Å²) in [5.41, 5.74) is 7.83. The molecule has 0 aliphatic carbocycles. The van der Waals surface area contributed by atoms with E-state index in [-0.39, 0.29) is 5.56 Å². The van der Waals surface area contributed by atoms with Crippen molar-refractivity contribution in [2.45, 2.75) is 0 Å². The largest absolute Gasteiger partial charge is 0.309 e. The number of pyridine rings is 1. The fourth-order valence-electron chi connectivity index (χ4n) is 7.52. The van der Waals surface area contributed by atoms with E-state index in [0.29, 0.717) is 0 Å². The van der Waals surface area contributed by atoms with E-state index >= 15 is 0 Å². The van der Waals surface area contributed by atoms with Gasteiger partial charge in [-0.05, 0) is 70.4 Å². The van der Waals surface area contributed by atoms with Crippen molar-refractivity contribution in [1.82, 2.24) is 8.97 Å². The molecule has 0 amide bonds. The monoisotopic (exact) mass is 560 g/mol. The van der Waals surface area contributed by atoms with Gasteiger partial charge in [-0.2, -0.15) is 0 Å². The Morgan fingerprint density at radius 1 is 0.386 bits per heavy atom. The molecule has 0 saturated carbocycles. The molecule has 3 heteroatoms. The number of rotatable bonds is 2. The molecule has 3 aromatic heterocycles. The highest BCUT2D eigenvalue weighted by atomic mass is 16.1. The second kappa shape index (κ2) is 8.56. The van der Waals surface area contributed by atoms with Gasteiger partial charge in [-0.3, -0.25) is 9.20 Å². The molecule has 10 aromatic rings. The van der Waals surface area contributed by atoms with Crippen LogP contribution in [0.2, 0.25) is 0 Å². The molecular weight excluding hydrogens is 536 g/mol. The van der Waals surface area contributed by atoms with Gasteiger partial charge in [0.15, 0.2) is 0 Å². The van der Waals surface area contributed by atoms with Crippen LogP contribution in [0.15, 0.2) is 150 Å². The van der Waals surface area contributed by atoms with E-state index in [9.17, 15) is 4.79 Å². The summed E-state index contributed by atoms with van der Waals surface area (Å²) in [4.78, 5) is 13.8. The lowest BCUT2D eigenvalue weighted by molar-refractivity contribution is 1.20. The van der Waals surface area contributed by atoms with Crippen molar-refractivity contribution in [1.29, 1.82) is 0 Å². The fourth-order valence-corrected chi connectivity index (χ4v) is 7.52. The lowest BCUT2D eigenvalue weighted by Gasteiger charge is -2.14. The highest BCUT2D eigenvalue weighted by Gasteiger charge is 2.19. The van der Waals surface area contributed by atoms with Gasteiger partial charge >= 0.3 is 0 Å². The van der Waals surface area contributed by atoms with E-state index < -0.39 is 0 Å². The normalized spacial score (nSPS) is 12.2.